The van der Waals surface area contributed by atoms with Crippen LogP contribution in [0.1, 0.15) is 12.5 Å². The molecule has 1 aromatic rings. The Morgan fingerprint density at radius 1 is 1.47 bits per heavy atom. The van der Waals surface area contributed by atoms with Crippen LogP contribution in [0.5, 0.6) is 0 Å². The summed E-state index contributed by atoms with van der Waals surface area (Å²) in [4.78, 5) is 14.1. The van der Waals surface area contributed by atoms with Crippen molar-refractivity contribution in [2.24, 2.45) is 0 Å². The first-order valence-corrected chi connectivity index (χ1v) is 6.33. The highest BCUT2D eigenvalue weighted by Gasteiger charge is 2.27. The lowest BCUT2D eigenvalue weighted by atomic mass is 10.1. The third-order valence-corrected chi connectivity index (χ3v) is 3.53. The van der Waals surface area contributed by atoms with Gasteiger partial charge in [-0.15, -0.1) is 0 Å². The number of hydrogen-bond acceptors (Lipinski definition) is 2. The molecule has 0 unspecified atom stereocenters. The summed E-state index contributed by atoms with van der Waals surface area (Å²) in [6.45, 7) is 4.59. The highest BCUT2D eigenvalue weighted by atomic mass is 35.5. The van der Waals surface area contributed by atoms with Gasteiger partial charge < -0.3 is 10.2 Å². The average Bonchev–Trinajstić information content (AvgIpc) is 2.26. The van der Waals surface area contributed by atoms with Crippen molar-refractivity contribution in [1.29, 1.82) is 0 Å². The molecule has 1 fully saturated rings. The van der Waals surface area contributed by atoms with Gasteiger partial charge in [-0.05, 0) is 18.6 Å². The van der Waals surface area contributed by atoms with Crippen LogP contribution < -0.4 is 5.32 Å². The quantitative estimate of drug-likeness (QED) is 0.885. The second-order valence-corrected chi connectivity index (χ2v) is 4.67. The van der Waals surface area contributed by atoms with E-state index in [-0.39, 0.29) is 5.91 Å². The molecule has 4 heteroatoms. The number of nitrogens with one attached hydrogen (secondary N) is 1. The first-order chi connectivity index (χ1) is 8.22. The van der Waals surface area contributed by atoms with E-state index in [9.17, 15) is 4.79 Å². The third kappa shape index (κ3) is 2.79. The maximum atomic E-state index is 12.2. The lowest BCUT2D eigenvalue weighted by Gasteiger charge is -2.37. The maximum Gasteiger partial charge on any atom is 0.227 e. The zero-order valence-corrected chi connectivity index (χ0v) is 10.7. The van der Waals surface area contributed by atoms with Gasteiger partial charge in [-0.2, -0.15) is 0 Å². The predicted molar refractivity (Wildman–Crippen MR) is 69.2 cm³/mol. The van der Waals surface area contributed by atoms with Crippen LogP contribution in [0.15, 0.2) is 24.3 Å². The minimum Gasteiger partial charge on any atom is -0.337 e. The summed E-state index contributed by atoms with van der Waals surface area (Å²) in [7, 11) is 0. The van der Waals surface area contributed by atoms with Gasteiger partial charge in [-0.25, -0.2) is 0 Å². The lowest BCUT2D eigenvalue weighted by molar-refractivity contribution is -0.133. The van der Waals surface area contributed by atoms with E-state index in [1.807, 2.05) is 36.1 Å². The molecule has 1 aliphatic rings. The van der Waals surface area contributed by atoms with Crippen molar-refractivity contribution in [3.63, 3.8) is 0 Å². The van der Waals surface area contributed by atoms with Gasteiger partial charge in [-0.3, -0.25) is 4.79 Å². The molecule has 0 aliphatic carbocycles. The van der Waals surface area contributed by atoms with E-state index < -0.39 is 0 Å². The first kappa shape index (κ1) is 12.4. The van der Waals surface area contributed by atoms with Crippen LogP contribution in [0.25, 0.3) is 0 Å². The van der Waals surface area contributed by atoms with Crippen LogP contribution in [-0.2, 0) is 11.2 Å². The van der Waals surface area contributed by atoms with Crippen molar-refractivity contribution in [2.75, 3.05) is 19.6 Å². The van der Waals surface area contributed by atoms with Gasteiger partial charge in [0.2, 0.25) is 5.91 Å². The minimum atomic E-state index is 0.159. The number of hydrogen-bond donors (Lipinski definition) is 1. The van der Waals surface area contributed by atoms with Gasteiger partial charge in [0, 0.05) is 24.7 Å². The van der Waals surface area contributed by atoms with E-state index in [4.69, 9.17) is 11.6 Å². The van der Waals surface area contributed by atoms with Crippen LogP contribution in [0.3, 0.4) is 0 Å². The first-order valence-electron chi connectivity index (χ1n) is 5.96. The smallest absolute Gasteiger partial charge is 0.227 e. The number of rotatable bonds is 4. The molecular formula is C13H17ClN2O. The summed E-state index contributed by atoms with van der Waals surface area (Å²) < 4.78 is 0. The molecule has 0 aromatic heterocycles. The molecule has 0 atom stereocenters. The fraction of sp³-hybridized carbons (Fsp3) is 0.462. The highest BCUT2D eigenvalue weighted by Crippen LogP contribution is 2.17. The van der Waals surface area contributed by atoms with Crippen LogP contribution in [-0.4, -0.2) is 36.5 Å². The van der Waals surface area contributed by atoms with Crippen molar-refractivity contribution in [1.82, 2.24) is 10.2 Å². The molecule has 0 saturated carbocycles. The van der Waals surface area contributed by atoms with Gasteiger partial charge in [0.15, 0.2) is 0 Å². The van der Waals surface area contributed by atoms with Crippen LogP contribution in [0.4, 0.5) is 0 Å². The van der Waals surface area contributed by atoms with Crippen LogP contribution >= 0.6 is 11.6 Å². The number of likely N-dealkylation sites (N-methyl/N-ethyl adjacent to an activating group) is 1. The molecule has 1 heterocycles. The molecule has 1 N–H and O–H groups in total. The van der Waals surface area contributed by atoms with Crippen molar-refractivity contribution in [3.05, 3.63) is 34.9 Å². The number of nitrogens with zero attached hydrogens (tertiary/aromatic N) is 1. The lowest BCUT2D eigenvalue weighted by Crippen LogP contribution is -2.59. The number of amides is 1. The van der Waals surface area contributed by atoms with E-state index in [2.05, 4.69) is 5.32 Å². The SMILES string of the molecule is CCN(C(=O)Cc1ccccc1Cl)C1CNC1. The summed E-state index contributed by atoms with van der Waals surface area (Å²) in [5.74, 6) is 0.159. The minimum absolute atomic E-state index is 0.159. The van der Waals surface area contributed by atoms with Crippen molar-refractivity contribution < 1.29 is 4.79 Å². The maximum absolute atomic E-state index is 12.2. The Balaban J connectivity index is 2.02. The third-order valence-electron chi connectivity index (χ3n) is 3.16. The summed E-state index contributed by atoms with van der Waals surface area (Å²) in [5, 5.41) is 3.86. The van der Waals surface area contributed by atoms with E-state index in [0.717, 1.165) is 25.2 Å². The van der Waals surface area contributed by atoms with Gasteiger partial charge >= 0.3 is 0 Å². The number of carbonyl (C=O) groups excluding carboxylic acids is 1. The zero-order chi connectivity index (χ0) is 12.3. The molecule has 0 radical (unpaired) electrons. The molecule has 1 aromatic carbocycles. The van der Waals surface area contributed by atoms with Crippen LogP contribution in [0.2, 0.25) is 5.02 Å². The van der Waals surface area contributed by atoms with Gasteiger partial charge in [-0.1, -0.05) is 29.8 Å². The predicted octanol–water partition coefficient (Wildman–Crippen LogP) is 1.70. The fourth-order valence-corrected chi connectivity index (χ4v) is 2.24. The largest absolute Gasteiger partial charge is 0.337 e. The molecule has 2 rings (SSSR count). The molecule has 17 heavy (non-hydrogen) atoms. The van der Waals surface area contributed by atoms with Crippen molar-refractivity contribution in [2.45, 2.75) is 19.4 Å². The number of halogens is 1. The number of carbonyl (C=O) groups is 1. The van der Waals surface area contributed by atoms with Gasteiger partial charge in [0.05, 0.1) is 12.5 Å². The van der Waals surface area contributed by atoms with E-state index in [1.54, 1.807) is 0 Å². The molecule has 0 spiro atoms. The topological polar surface area (TPSA) is 32.3 Å². The molecule has 0 bridgehead atoms. The van der Waals surface area contributed by atoms with Gasteiger partial charge in [0.25, 0.3) is 0 Å². The van der Waals surface area contributed by atoms with Crippen molar-refractivity contribution in [3.8, 4) is 0 Å². The summed E-state index contributed by atoms with van der Waals surface area (Å²) >= 11 is 6.06. The molecule has 1 aliphatic heterocycles. The Labute approximate surface area is 107 Å². The van der Waals surface area contributed by atoms with Crippen LogP contribution in [0, 0.1) is 0 Å². The monoisotopic (exact) mass is 252 g/mol. The summed E-state index contributed by atoms with van der Waals surface area (Å²) in [5.41, 5.74) is 0.907. The average molecular weight is 253 g/mol. The van der Waals surface area contributed by atoms with E-state index >= 15 is 0 Å². The second kappa shape index (κ2) is 5.52. The molecule has 1 saturated heterocycles. The van der Waals surface area contributed by atoms with Crippen molar-refractivity contribution >= 4 is 17.5 Å². The summed E-state index contributed by atoms with van der Waals surface area (Å²) in [6.07, 6.45) is 0.393. The van der Waals surface area contributed by atoms with Gasteiger partial charge in [0.1, 0.15) is 0 Å². The Bertz CT molecular complexity index is 404. The standard InChI is InChI=1S/C13H17ClN2O/c1-2-16(11-8-15-9-11)13(17)7-10-5-3-4-6-12(10)14/h3-6,11,15H,2,7-9H2,1H3. The Morgan fingerprint density at radius 3 is 2.71 bits per heavy atom. The molecule has 92 valence electrons. The molecule has 3 nitrogen and oxygen atoms in total. The summed E-state index contributed by atoms with van der Waals surface area (Å²) in [6, 6.07) is 7.88. The highest BCUT2D eigenvalue weighted by molar-refractivity contribution is 6.31. The normalized spacial score (nSPS) is 15.4. The Hall–Kier alpha value is -1.06. The fourth-order valence-electron chi connectivity index (χ4n) is 2.04. The molecular weight excluding hydrogens is 236 g/mol. The van der Waals surface area contributed by atoms with E-state index in [1.165, 1.54) is 0 Å². The molecule has 1 amide bonds. The second-order valence-electron chi connectivity index (χ2n) is 4.26. The zero-order valence-electron chi connectivity index (χ0n) is 9.95. The Kier molecular flexibility index (Phi) is 4.02. The Morgan fingerprint density at radius 2 is 2.18 bits per heavy atom. The number of benzene rings is 1. The van der Waals surface area contributed by atoms with E-state index in [0.29, 0.717) is 17.5 Å².